The number of hydrogen-bond donors (Lipinski definition) is 1. The molecule has 1 nitrogen and oxygen atoms in total. The van der Waals surface area contributed by atoms with Gasteiger partial charge in [-0.1, -0.05) is 32.4 Å². The van der Waals surface area contributed by atoms with Crippen LogP contribution in [0.1, 0.15) is 20.3 Å². The first-order valence-electron chi connectivity index (χ1n) is 5.14. The minimum Gasteiger partial charge on any atom is -0.384 e. The zero-order valence-corrected chi connectivity index (χ0v) is 10.0. The second-order valence-corrected chi connectivity index (χ2v) is 4.44. The van der Waals surface area contributed by atoms with Crippen molar-refractivity contribution in [1.82, 2.24) is 0 Å². The molecular weight excluding hydrogens is 190 g/mol. The van der Waals surface area contributed by atoms with E-state index in [0.29, 0.717) is 0 Å². The van der Waals surface area contributed by atoms with Crippen LogP contribution in [0.25, 0.3) is 0 Å². The smallest absolute Gasteiger partial charge is 0.0478 e. The zero-order valence-electron chi connectivity index (χ0n) is 9.21. The first-order valence-corrected chi connectivity index (χ1v) is 6.37. The number of rotatable bonds is 5. The number of thioether (sulfide) groups is 1. The van der Waals surface area contributed by atoms with E-state index in [1.807, 2.05) is 0 Å². The van der Waals surface area contributed by atoms with Gasteiger partial charge in [0.05, 0.1) is 0 Å². The molecule has 0 saturated carbocycles. The maximum atomic E-state index is 3.49. The fourth-order valence-corrected chi connectivity index (χ4v) is 1.79. The minimum atomic E-state index is 0.741. The molecule has 0 saturated heterocycles. The highest BCUT2D eigenvalue weighted by molar-refractivity contribution is 7.98. The maximum Gasteiger partial charge on any atom is 0.0478 e. The SMILES string of the molecule is CCC(C)CNc1ccccc1SC. The molecule has 0 aliphatic rings. The summed E-state index contributed by atoms with van der Waals surface area (Å²) in [7, 11) is 0. The molecular formula is C12H19NS. The van der Waals surface area contributed by atoms with Crippen LogP contribution in [-0.2, 0) is 0 Å². The van der Waals surface area contributed by atoms with Gasteiger partial charge in [0.25, 0.3) is 0 Å². The lowest BCUT2D eigenvalue weighted by molar-refractivity contribution is 0.593. The van der Waals surface area contributed by atoms with Gasteiger partial charge >= 0.3 is 0 Å². The number of benzene rings is 1. The molecule has 0 fully saturated rings. The van der Waals surface area contributed by atoms with Gasteiger partial charge in [-0.3, -0.25) is 0 Å². The fraction of sp³-hybridized carbons (Fsp3) is 0.500. The van der Waals surface area contributed by atoms with Crippen LogP contribution in [0.4, 0.5) is 5.69 Å². The monoisotopic (exact) mass is 209 g/mol. The molecule has 1 atom stereocenters. The van der Waals surface area contributed by atoms with Gasteiger partial charge in [-0.05, 0) is 24.3 Å². The van der Waals surface area contributed by atoms with E-state index in [0.717, 1.165) is 12.5 Å². The Hall–Kier alpha value is -0.630. The lowest BCUT2D eigenvalue weighted by Gasteiger charge is -2.13. The van der Waals surface area contributed by atoms with Gasteiger partial charge in [-0.25, -0.2) is 0 Å². The second kappa shape index (κ2) is 5.97. The predicted molar refractivity (Wildman–Crippen MR) is 66.2 cm³/mol. The van der Waals surface area contributed by atoms with Crippen LogP contribution in [0.5, 0.6) is 0 Å². The summed E-state index contributed by atoms with van der Waals surface area (Å²) in [5.74, 6) is 0.741. The van der Waals surface area contributed by atoms with Crippen molar-refractivity contribution < 1.29 is 0 Å². The highest BCUT2D eigenvalue weighted by Crippen LogP contribution is 2.24. The Kier molecular flexibility index (Phi) is 4.88. The Morgan fingerprint density at radius 3 is 2.71 bits per heavy atom. The Labute approximate surface area is 91.3 Å². The molecule has 0 spiro atoms. The van der Waals surface area contributed by atoms with Crippen molar-refractivity contribution >= 4 is 17.4 Å². The van der Waals surface area contributed by atoms with Crippen molar-refractivity contribution in [2.45, 2.75) is 25.2 Å². The van der Waals surface area contributed by atoms with E-state index >= 15 is 0 Å². The maximum absolute atomic E-state index is 3.49. The van der Waals surface area contributed by atoms with Crippen molar-refractivity contribution in [1.29, 1.82) is 0 Å². The van der Waals surface area contributed by atoms with E-state index in [1.54, 1.807) is 11.8 Å². The molecule has 0 heterocycles. The topological polar surface area (TPSA) is 12.0 Å². The standard InChI is InChI=1S/C12H19NS/c1-4-10(2)9-13-11-7-5-6-8-12(11)14-3/h5-8,10,13H,4,9H2,1-3H3. The van der Waals surface area contributed by atoms with E-state index in [-0.39, 0.29) is 0 Å². The average Bonchev–Trinajstić information content (AvgIpc) is 2.26. The van der Waals surface area contributed by atoms with Crippen LogP contribution >= 0.6 is 11.8 Å². The molecule has 1 aromatic carbocycles. The summed E-state index contributed by atoms with van der Waals surface area (Å²) >= 11 is 1.79. The van der Waals surface area contributed by atoms with Gasteiger partial charge in [-0.2, -0.15) is 0 Å². The molecule has 0 aliphatic carbocycles. The van der Waals surface area contributed by atoms with E-state index < -0.39 is 0 Å². The van der Waals surface area contributed by atoms with E-state index in [4.69, 9.17) is 0 Å². The Balaban J connectivity index is 2.57. The number of nitrogens with one attached hydrogen (secondary N) is 1. The average molecular weight is 209 g/mol. The Bertz CT molecular complexity index is 273. The summed E-state index contributed by atoms with van der Waals surface area (Å²) < 4.78 is 0. The van der Waals surface area contributed by atoms with Crippen molar-refractivity contribution in [2.75, 3.05) is 18.1 Å². The molecule has 14 heavy (non-hydrogen) atoms. The third kappa shape index (κ3) is 3.26. The number of anilines is 1. The Morgan fingerprint density at radius 2 is 2.07 bits per heavy atom. The summed E-state index contributed by atoms with van der Waals surface area (Å²) in [5, 5.41) is 3.49. The molecule has 1 N–H and O–H groups in total. The van der Waals surface area contributed by atoms with Gasteiger partial charge in [0.1, 0.15) is 0 Å². The largest absolute Gasteiger partial charge is 0.384 e. The summed E-state index contributed by atoms with van der Waals surface area (Å²) in [6.45, 7) is 5.57. The Morgan fingerprint density at radius 1 is 1.36 bits per heavy atom. The predicted octanol–water partition coefficient (Wildman–Crippen LogP) is 3.87. The van der Waals surface area contributed by atoms with Crippen LogP contribution in [0.2, 0.25) is 0 Å². The van der Waals surface area contributed by atoms with Gasteiger partial charge in [0, 0.05) is 17.1 Å². The number of hydrogen-bond acceptors (Lipinski definition) is 2. The van der Waals surface area contributed by atoms with Crippen molar-refractivity contribution in [3.05, 3.63) is 24.3 Å². The van der Waals surface area contributed by atoms with Crippen LogP contribution < -0.4 is 5.32 Å². The van der Waals surface area contributed by atoms with Gasteiger partial charge < -0.3 is 5.32 Å². The van der Waals surface area contributed by atoms with Crippen molar-refractivity contribution in [2.24, 2.45) is 5.92 Å². The third-order valence-electron chi connectivity index (χ3n) is 2.44. The fourth-order valence-electron chi connectivity index (χ4n) is 1.22. The summed E-state index contributed by atoms with van der Waals surface area (Å²) in [6, 6.07) is 8.47. The summed E-state index contributed by atoms with van der Waals surface area (Å²) in [6.07, 6.45) is 3.35. The third-order valence-corrected chi connectivity index (χ3v) is 3.24. The molecule has 0 amide bonds. The van der Waals surface area contributed by atoms with E-state index in [1.165, 1.54) is 17.0 Å². The normalized spacial score (nSPS) is 12.5. The van der Waals surface area contributed by atoms with Crippen LogP contribution in [-0.4, -0.2) is 12.8 Å². The molecule has 78 valence electrons. The summed E-state index contributed by atoms with van der Waals surface area (Å²) in [5.41, 5.74) is 1.26. The molecule has 1 aromatic rings. The zero-order chi connectivity index (χ0) is 10.4. The lowest BCUT2D eigenvalue weighted by Crippen LogP contribution is -2.10. The molecule has 1 unspecified atom stereocenters. The first-order chi connectivity index (χ1) is 6.77. The lowest BCUT2D eigenvalue weighted by atomic mass is 10.1. The van der Waals surface area contributed by atoms with Crippen molar-refractivity contribution in [3.8, 4) is 0 Å². The molecule has 0 aliphatic heterocycles. The molecule has 0 aromatic heterocycles. The molecule has 0 bridgehead atoms. The molecule has 1 rings (SSSR count). The quantitative estimate of drug-likeness (QED) is 0.739. The highest BCUT2D eigenvalue weighted by Gasteiger charge is 2.01. The van der Waals surface area contributed by atoms with Crippen LogP contribution in [0, 0.1) is 5.92 Å². The molecule has 0 radical (unpaired) electrons. The summed E-state index contributed by atoms with van der Waals surface area (Å²) in [4.78, 5) is 1.33. The number of para-hydroxylation sites is 1. The minimum absolute atomic E-state index is 0.741. The van der Waals surface area contributed by atoms with Gasteiger partial charge in [0.2, 0.25) is 0 Å². The van der Waals surface area contributed by atoms with Crippen molar-refractivity contribution in [3.63, 3.8) is 0 Å². The molecule has 2 heteroatoms. The van der Waals surface area contributed by atoms with E-state index in [2.05, 4.69) is 49.7 Å². The second-order valence-electron chi connectivity index (χ2n) is 3.59. The highest BCUT2D eigenvalue weighted by atomic mass is 32.2. The van der Waals surface area contributed by atoms with Gasteiger partial charge in [0.15, 0.2) is 0 Å². The van der Waals surface area contributed by atoms with Gasteiger partial charge in [-0.15, -0.1) is 11.8 Å². The van der Waals surface area contributed by atoms with Crippen LogP contribution in [0.15, 0.2) is 29.2 Å². The van der Waals surface area contributed by atoms with Crippen LogP contribution in [0.3, 0.4) is 0 Å². The first kappa shape index (κ1) is 11.4. The van der Waals surface area contributed by atoms with E-state index in [9.17, 15) is 0 Å².